The fourth-order valence-corrected chi connectivity index (χ4v) is 4.17. The molecule has 5 atom stereocenters. The first-order valence-electron chi connectivity index (χ1n) is 5.03. The number of ether oxygens (including phenoxy) is 1. The highest BCUT2D eigenvalue weighted by Crippen LogP contribution is 2.60. The molecule has 1 fully saturated rings. The number of phosphoric acid groups is 3. The molecule has 1 rings (SSSR count). The van der Waals surface area contributed by atoms with Gasteiger partial charge in [-0.15, -0.1) is 0 Å². The van der Waals surface area contributed by atoms with Crippen molar-refractivity contribution in [3.63, 3.8) is 0 Å². The van der Waals surface area contributed by atoms with E-state index in [1.807, 2.05) is 0 Å². The SMILES string of the molecule is O=P([O-])([O-])OP(=O)([O-])OP(=O)([O-])OC[C@H]1O[C@@H](O)C[C@@H]1O. The van der Waals surface area contributed by atoms with E-state index >= 15 is 0 Å². The second-order valence-electron chi connectivity index (χ2n) is 3.73. The van der Waals surface area contributed by atoms with E-state index in [-0.39, 0.29) is 6.42 Å². The van der Waals surface area contributed by atoms with Crippen LogP contribution in [0.4, 0.5) is 0 Å². The lowest BCUT2D eigenvalue weighted by Gasteiger charge is -2.37. The van der Waals surface area contributed by atoms with Crippen molar-refractivity contribution >= 4 is 23.5 Å². The molecule has 126 valence electrons. The first kappa shape index (κ1) is 19.3. The van der Waals surface area contributed by atoms with E-state index in [1.54, 1.807) is 0 Å². The Balaban J connectivity index is 2.56. The topological polar surface area (TPSA) is 221 Å². The Kier molecular flexibility index (Phi) is 6.27. The summed E-state index contributed by atoms with van der Waals surface area (Å²) in [4.78, 5) is 42.1. The molecule has 0 spiro atoms. The van der Waals surface area contributed by atoms with Gasteiger partial charge >= 0.3 is 0 Å². The molecule has 0 amide bonds. The van der Waals surface area contributed by atoms with Crippen LogP contribution in [0.25, 0.3) is 0 Å². The van der Waals surface area contributed by atoms with Crippen molar-refractivity contribution in [2.75, 3.05) is 6.61 Å². The number of aliphatic hydroxyl groups is 2. The number of phosphoric ester groups is 1. The van der Waals surface area contributed by atoms with E-state index in [0.717, 1.165) is 0 Å². The normalized spacial score (nSPS) is 32.6. The van der Waals surface area contributed by atoms with Gasteiger partial charge in [-0.3, -0.25) is 13.4 Å². The lowest BCUT2D eigenvalue weighted by Crippen LogP contribution is -2.27. The Morgan fingerprint density at radius 2 is 1.62 bits per heavy atom. The number of hydrogen-bond acceptors (Lipinski definition) is 13. The monoisotopic (exact) mass is 370 g/mol. The summed E-state index contributed by atoms with van der Waals surface area (Å²) in [6.45, 7) is -0.925. The van der Waals surface area contributed by atoms with E-state index in [1.165, 1.54) is 0 Å². The predicted octanol–water partition coefficient (Wildman–Crippen LogP) is -3.73. The van der Waals surface area contributed by atoms with Crippen LogP contribution in [0.15, 0.2) is 0 Å². The number of rotatable bonds is 7. The maximum absolute atomic E-state index is 11.1. The standard InChI is InChI=1S/C5H13O13P3/c6-3-1-5(7)16-4(3)2-15-20(11,12)18-21(13,14)17-19(8,9)10/h3-7H,1-2H2,(H,11,12)(H,13,14)(H2,8,9,10)/p-4/t3-,4+,5+/m0/s1. The molecule has 2 N–H and O–H groups in total. The minimum atomic E-state index is -6.04. The van der Waals surface area contributed by atoms with Gasteiger partial charge in [0.15, 0.2) is 6.29 Å². The molecule has 21 heavy (non-hydrogen) atoms. The van der Waals surface area contributed by atoms with E-state index in [9.17, 15) is 38.4 Å². The van der Waals surface area contributed by atoms with Gasteiger partial charge in [0.2, 0.25) is 0 Å². The zero-order valence-electron chi connectivity index (χ0n) is 9.87. The molecule has 1 heterocycles. The van der Waals surface area contributed by atoms with Crippen LogP contribution in [-0.4, -0.2) is 35.3 Å². The van der Waals surface area contributed by atoms with Crippen LogP contribution in [0.1, 0.15) is 6.42 Å². The Bertz CT molecular complexity index is 498. The molecular weight excluding hydrogens is 361 g/mol. The Hall–Kier alpha value is 0.290. The molecule has 1 saturated heterocycles. The van der Waals surface area contributed by atoms with Crippen molar-refractivity contribution in [1.82, 2.24) is 0 Å². The minimum Gasteiger partial charge on any atom is -0.790 e. The molecule has 16 heteroatoms. The summed E-state index contributed by atoms with van der Waals surface area (Å²) >= 11 is 0. The molecule has 0 bridgehead atoms. The van der Waals surface area contributed by atoms with Gasteiger partial charge in [0.05, 0.1) is 20.5 Å². The summed E-state index contributed by atoms with van der Waals surface area (Å²) in [5.74, 6) is 0. The highest BCUT2D eigenvalue weighted by Gasteiger charge is 2.34. The van der Waals surface area contributed by atoms with Gasteiger partial charge < -0.3 is 43.6 Å². The van der Waals surface area contributed by atoms with Crippen molar-refractivity contribution in [2.24, 2.45) is 0 Å². The maximum atomic E-state index is 11.1. The van der Waals surface area contributed by atoms with E-state index in [0.29, 0.717) is 0 Å². The van der Waals surface area contributed by atoms with Gasteiger partial charge in [-0.2, -0.15) is 0 Å². The van der Waals surface area contributed by atoms with Crippen molar-refractivity contribution in [3.8, 4) is 0 Å². The molecule has 1 aliphatic heterocycles. The zero-order chi connectivity index (χ0) is 16.5. The highest BCUT2D eigenvalue weighted by atomic mass is 31.3. The van der Waals surface area contributed by atoms with Crippen LogP contribution in [0.5, 0.6) is 0 Å². The third-order valence-corrected chi connectivity index (χ3v) is 5.67. The second kappa shape index (κ2) is 6.81. The largest absolute Gasteiger partial charge is 0.790 e. The van der Waals surface area contributed by atoms with Crippen LogP contribution in [0.3, 0.4) is 0 Å². The molecule has 0 radical (unpaired) electrons. The lowest BCUT2D eigenvalue weighted by atomic mass is 10.2. The third kappa shape index (κ3) is 7.40. The molecule has 0 saturated carbocycles. The molecular formula is C5H9O13P3-4. The summed E-state index contributed by atoms with van der Waals surface area (Å²) < 4.78 is 46.9. The Labute approximate surface area is 117 Å². The Morgan fingerprint density at radius 1 is 1.05 bits per heavy atom. The summed E-state index contributed by atoms with van der Waals surface area (Å²) in [6.07, 6.45) is -4.15. The van der Waals surface area contributed by atoms with Gasteiger partial charge in [-0.05, 0) is 0 Å². The number of hydrogen-bond donors (Lipinski definition) is 2. The van der Waals surface area contributed by atoms with Crippen LogP contribution in [0.2, 0.25) is 0 Å². The first-order chi connectivity index (χ1) is 9.30. The van der Waals surface area contributed by atoms with Gasteiger partial charge in [0, 0.05) is 6.42 Å². The van der Waals surface area contributed by atoms with Gasteiger partial charge in [0.1, 0.15) is 6.10 Å². The maximum Gasteiger partial charge on any atom is 0.278 e. The van der Waals surface area contributed by atoms with Crippen molar-refractivity contribution in [1.29, 1.82) is 0 Å². The first-order valence-corrected chi connectivity index (χ1v) is 9.41. The van der Waals surface area contributed by atoms with Crippen LogP contribution in [0, 0.1) is 0 Å². The smallest absolute Gasteiger partial charge is 0.278 e. The minimum absolute atomic E-state index is 0.225. The lowest BCUT2D eigenvalue weighted by molar-refractivity contribution is -0.339. The van der Waals surface area contributed by atoms with Crippen molar-refractivity contribution in [2.45, 2.75) is 24.9 Å². The van der Waals surface area contributed by atoms with Crippen molar-refractivity contribution < 1.29 is 61.4 Å². The van der Waals surface area contributed by atoms with E-state index < -0.39 is 48.6 Å². The van der Waals surface area contributed by atoms with Gasteiger partial charge in [-0.25, -0.2) is 4.31 Å². The summed E-state index contributed by atoms with van der Waals surface area (Å²) in [5.41, 5.74) is 0. The average molecular weight is 370 g/mol. The predicted molar refractivity (Wildman–Crippen MR) is 52.4 cm³/mol. The quantitative estimate of drug-likeness (QED) is 0.412. The highest BCUT2D eigenvalue weighted by molar-refractivity contribution is 7.64. The molecule has 1 aliphatic rings. The summed E-state index contributed by atoms with van der Waals surface area (Å²) in [6, 6.07) is 0. The van der Waals surface area contributed by atoms with E-state index in [2.05, 4.69) is 17.9 Å². The van der Waals surface area contributed by atoms with Crippen molar-refractivity contribution in [3.05, 3.63) is 0 Å². The molecule has 0 aromatic heterocycles. The van der Waals surface area contributed by atoms with Crippen LogP contribution in [-0.2, 0) is 31.6 Å². The molecule has 13 nitrogen and oxygen atoms in total. The fraction of sp³-hybridized carbons (Fsp3) is 1.00. The van der Waals surface area contributed by atoms with Gasteiger partial charge in [0.25, 0.3) is 15.6 Å². The average Bonchev–Trinajstić information content (AvgIpc) is 2.48. The van der Waals surface area contributed by atoms with Gasteiger partial charge in [-0.1, -0.05) is 0 Å². The van der Waals surface area contributed by atoms with Crippen LogP contribution < -0.4 is 19.6 Å². The molecule has 0 aromatic carbocycles. The molecule has 0 aromatic rings. The number of aliphatic hydroxyl groups excluding tert-OH is 2. The molecule has 2 unspecified atom stereocenters. The third-order valence-electron chi connectivity index (χ3n) is 2.00. The molecule has 0 aliphatic carbocycles. The fourth-order valence-electron chi connectivity index (χ4n) is 1.30. The zero-order valence-corrected chi connectivity index (χ0v) is 12.6. The van der Waals surface area contributed by atoms with E-state index in [4.69, 9.17) is 5.11 Å². The van der Waals surface area contributed by atoms with Crippen LogP contribution >= 0.6 is 23.5 Å². The summed E-state index contributed by atoms with van der Waals surface area (Å²) in [5, 5.41) is 18.3. The second-order valence-corrected chi connectivity index (χ2v) is 7.98. The summed E-state index contributed by atoms with van der Waals surface area (Å²) in [7, 11) is -17.7. The Morgan fingerprint density at radius 3 is 2.05 bits per heavy atom.